The van der Waals surface area contributed by atoms with Gasteiger partial charge in [0.1, 0.15) is 11.1 Å². The van der Waals surface area contributed by atoms with E-state index >= 15 is 0 Å². The van der Waals surface area contributed by atoms with Crippen molar-refractivity contribution in [1.82, 2.24) is 19.9 Å². The van der Waals surface area contributed by atoms with Gasteiger partial charge >= 0.3 is 0 Å². The van der Waals surface area contributed by atoms with Gasteiger partial charge in [0.15, 0.2) is 0 Å². The Kier molecular flexibility index (Phi) is 4.47. The Hall–Kier alpha value is -1.57. The van der Waals surface area contributed by atoms with Crippen molar-refractivity contribution in [2.45, 2.75) is 31.6 Å². The number of nitrogens with zero attached hydrogens (tertiary/aromatic N) is 5. The second-order valence-corrected chi connectivity index (χ2v) is 7.76. The number of hydrogen-bond acceptors (Lipinski definition) is 7. The molecule has 2 aliphatic rings. The molecule has 2 fully saturated rings. The minimum Gasteiger partial charge on any atom is -0.367 e. The Labute approximate surface area is 146 Å². The summed E-state index contributed by atoms with van der Waals surface area (Å²) in [6, 6.07) is 1.99. The van der Waals surface area contributed by atoms with E-state index in [0.717, 1.165) is 37.7 Å². The molecule has 0 amide bonds. The van der Waals surface area contributed by atoms with E-state index in [1.54, 1.807) is 11.3 Å². The molecular weight excluding hydrogens is 322 g/mol. The molecule has 0 aromatic carbocycles. The maximum absolute atomic E-state index is 6.37. The average Bonchev–Trinajstić information content (AvgIpc) is 3.24. The Morgan fingerprint density at radius 3 is 3.04 bits per heavy atom. The SMILES string of the molecule is CN(C)c1nccc([C@@H]2C[C@@H]3CCN(Cc4nccs4)C[C@H]3O2)n1. The van der Waals surface area contributed by atoms with Crippen molar-refractivity contribution in [3.05, 3.63) is 34.5 Å². The lowest BCUT2D eigenvalue weighted by Crippen LogP contribution is -2.41. The van der Waals surface area contributed by atoms with Crippen LogP contribution in [0.4, 0.5) is 5.95 Å². The second-order valence-electron chi connectivity index (χ2n) is 6.78. The van der Waals surface area contributed by atoms with Crippen LogP contribution in [0.25, 0.3) is 0 Å². The molecule has 2 aliphatic heterocycles. The first-order valence-electron chi connectivity index (χ1n) is 8.45. The molecule has 2 saturated heterocycles. The first-order valence-corrected chi connectivity index (χ1v) is 9.33. The molecule has 6 nitrogen and oxygen atoms in total. The zero-order chi connectivity index (χ0) is 16.5. The van der Waals surface area contributed by atoms with E-state index in [0.29, 0.717) is 12.0 Å². The molecule has 24 heavy (non-hydrogen) atoms. The molecule has 4 heterocycles. The highest BCUT2D eigenvalue weighted by atomic mass is 32.1. The van der Waals surface area contributed by atoms with Crippen molar-refractivity contribution < 1.29 is 4.74 Å². The first kappa shape index (κ1) is 15.9. The minimum absolute atomic E-state index is 0.0986. The molecule has 0 aliphatic carbocycles. The lowest BCUT2D eigenvalue weighted by molar-refractivity contribution is -0.0106. The predicted octanol–water partition coefficient (Wildman–Crippen LogP) is 2.35. The van der Waals surface area contributed by atoms with Gasteiger partial charge in [-0.1, -0.05) is 0 Å². The van der Waals surface area contributed by atoms with Gasteiger partial charge in [-0.2, -0.15) is 0 Å². The quantitative estimate of drug-likeness (QED) is 0.848. The topological polar surface area (TPSA) is 54.4 Å². The highest BCUT2D eigenvalue weighted by molar-refractivity contribution is 7.09. The minimum atomic E-state index is 0.0986. The van der Waals surface area contributed by atoms with E-state index in [2.05, 4.69) is 19.9 Å². The molecule has 2 aromatic heterocycles. The van der Waals surface area contributed by atoms with Crippen LogP contribution in [0.3, 0.4) is 0 Å². The molecule has 0 N–H and O–H groups in total. The lowest BCUT2D eigenvalue weighted by Gasteiger charge is -2.33. The van der Waals surface area contributed by atoms with Crippen LogP contribution < -0.4 is 4.90 Å². The lowest BCUT2D eigenvalue weighted by atomic mass is 9.91. The summed E-state index contributed by atoms with van der Waals surface area (Å²) in [7, 11) is 3.93. The van der Waals surface area contributed by atoms with Gasteiger partial charge in [0.2, 0.25) is 5.95 Å². The summed E-state index contributed by atoms with van der Waals surface area (Å²) in [5.41, 5.74) is 1.01. The first-order chi connectivity index (χ1) is 11.7. The molecule has 0 bridgehead atoms. The van der Waals surface area contributed by atoms with Gasteiger partial charge in [-0.25, -0.2) is 15.0 Å². The molecule has 0 radical (unpaired) electrons. The number of thiazole rings is 1. The number of fused-ring (bicyclic) bond motifs is 1. The van der Waals surface area contributed by atoms with Crippen molar-refractivity contribution in [2.75, 3.05) is 32.1 Å². The van der Waals surface area contributed by atoms with Crippen LogP contribution in [0.5, 0.6) is 0 Å². The van der Waals surface area contributed by atoms with Crippen molar-refractivity contribution in [1.29, 1.82) is 0 Å². The van der Waals surface area contributed by atoms with E-state index in [1.165, 1.54) is 11.4 Å². The fourth-order valence-electron chi connectivity index (χ4n) is 3.61. The molecular formula is C17H23N5OS. The fraction of sp³-hybridized carbons (Fsp3) is 0.588. The third-order valence-electron chi connectivity index (χ3n) is 4.87. The van der Waals surface area contributed by atoms with E-state index in [9.17, 15) is 0 Å². The van der Waals surface area contributed by atoms with Crippen LogP contribution in [0.2, 0.25) is 0 Å². The molecule has 7 heteroatoms. The Bertz CT molecular complexity index is 677. The van der Waals surface area contributed by atoms with Crippen molar-refractivity contribution in [3.63, 3.8) is 0 Å². The Morgan fingerprint density at radius 1 is 1.33 bits per heavy atom. The number of aromatic nitrogens is 3. The maximum atomic E-state index is 6.37. The zero-order valence-electron chi connectivity index (χ0n) is 14.1. The van der Waals surface area contributed by atoms with Gasteiger partial charge in [-0.15, -0.1) is 11.3 Å². The van der Waals surface area contributed by atoms with Gasteiger partial charge in [-0.05, 0) is 31.4 Å². The smallest absolute Gasteiger partial charge is 0.225 e. The van der Waals surface area contributed by atoms with Gasteiger partial charge in [0, 0.05) is 38.4 Å². The van der Waals surface area contributed by atoms with Crippen LogP contribution in [0.1, 0.15) is 29.6 Å². The third kappa shape index (κ3) is 3.29. The van der Waals surface area contributed by atoms with Crippen molar-refractivity contribution in [2.24, 2.45) is 5.92 Å². The van der Waals surface area contributed by atoms with Crippen molar-refractivity contribution in [3.8, 4) is 0 Å². The van der Waals surface area contributed by atoms with E-state index in [1.807, 2.05) is 42.8 Å². The van der Waals surface area contributed by atoms with Crippen LogP contribution in [-0.2, 0) is 11.3 Å². The molecule has 4 rings (SSSR count). The average molecular weight is 345 g/mol. The summed E-state index contributed by atoms with van der Waals surface area (Å²) < 4.78 is 6.37. The van der Waals surface area contributed by atoms with Crippen LogP contribution in [0, 0.1) is 5.92 Å². The number of piperidine rings is 1. The largest absolute Gasteiger partial charge is 0.367 e. The van der Waals surface area contributed by atoms with Gasteiger partial charge in [0.05, 0.1) is 18.3 Å². The highest BCUT2D eigenvalue weighted by Crippen LogP contribution is 2.40. The van der Waals surface area contributed by atoms with Gasteiger partial charge in [0.25, 0.3) is 0 Å². The van der Waals surface area contributed by atoms with Gasteiger partial charge in [-0.3, -0.25) is 4.90 Å². The number of hydrogen-bond donors (Lipinski definition) is 0. The van der Waals surface area contributed by atoms with Crippen LogP contribution in [0.15, 0.2) is 23.8 Å². The molecule has 2 aromatic rings. The highest BCUT2D eigenvalue weighted by Gasteiger charge is 2.40. The third-order valence-corrected chi connectivity index (χ3v) is 5.64. The van der Waals surface area contributed by atoms with Crippen molar-refractivity contribution >= 4 is 17.3 Å². The summed E-state index contributed by atoms with van der Waals surface area (Å²) in [6.07, 6.45) is 6.38. The summed E-state index contributed by atoms with van der Waals surface area (Å²) in [5, 5.41) is 3.23. The molecule has 0 unspecified atom stereocenters. The summed E-state index contributed by atoms with van der Waals surface area (Å²) in [6.45, 7) is 3.06. The Morgan fingerprint density at radius 2 is 2.25 bits per heavy atom. The summed E-state index contributed by atoms with van der Waals surface area (Å²) in [4.78, 5) is 17.8. The van der Waals surface area contributed by atoms with E-state index in [4.69, 9.17) is 4.74 Å². The van der Waals surface area contributed by atoms with Crippen LogP contribution in [-0.4, -0.2) is 53.1 Å². The maximum Gasteiger partial charge on any atom is 0.225 e. The van der Waals surface area contributed by atoms with E-state index < -0.39 is 0 Å². The number of ether oxygens (including phenoxy) is 1. The van der Waals surface area contributed by atoms with E-state index in [-0.39, 0.29) is 6.10 Å². The fourth-order valence-corrected chi connectivity index (χ4v) is 4.27. The molecule has 0 spiro atoms. The normalized spacial score (nSPS) is 27.2. The predicted molar refractivity (Wildman–Crippen MR) is 94.1 cm³/mol. The number of rotatable bonds is 4. The standard InChI is InChI=1S/C17H23N5OS/c1-21(2)17-19-5-3-13(20-17)14-9-12-4-7-22(10-15(12)23-14)11-16-18-6-8-24-16/h3,5-6,8,12,14-15H,4,7,9-11H2,1-2H3/t12-,14-,15+/m0/s1. The summed E-state index contributed by atoms with van der Waals surface area (Å²) >= 11 is 1.73. The Balaban J connectivity index is 1.41. The molecule has 0 saturated carbocycles. The monoisotopic (exact) mass is 345 g/mol. The second kappa shape index (κ2) is 6.74. The summed E-state index contributed by atoms with van der Waals surface area (Å²) in [5.74, 6) is 1.39. The number of likely N-dealkylation sites (tertiary alicyclic amines) is 1. The molecule has 3 atom stereocenters. The van der Waals surface area contributed by atoms with Crippen LogP contribution >= 0.6 is 11.3 Å². The molecule has 128 valence electrons. The number of anilines is 1. The zero-order valence-corrected chi connectivity index (χ0v) is 14.9. The van der Waals surface area contributed by atoms with Gasteiger partial charge < -0.3 is 9.64 Å².